The van der Waals surface area contributed by atoms with Crippen molar-refractivity contribution in [3.63, 3.8) is 0 Å². The summed E-state index contributed by atoms with van der Waals surface area (Å²) in [5.41, 5.74) is 2.45. The Balaban J connectivity index is 1.47. The average Bonchev–Trinajstić information content (AvgIpc) is 2.84. The summed E-state index contributed by atoms with van der Waals surface area (Å²) in [6.07, 6.45) is 0. The number of hydrogen-bond donors (Lipinski definition) is 1. The summed E-state index contributed by atoms with van der Waals surface area (Å²) in [5, 5.41) is 3.29. The lowest BCUT2D eigenvalue weighted by Crippen LogP contribution is -2.44. The summed E-state index contributed by atoms with van der Waals surface area (Å²) < 4.78 is 27.4. The van der Waals surface area contributed by atoms with Crippen LogP contribution in [0.5, 0.6) is 0 Å². The molecule has 1 saturated heterocycles. The zero-order valence-electron chi connectivity index (χ0n) is 19.1. The molecule has 1 amide bonds. The predicted octanol–water partition coefficient (Wildman–Crippen LogP) is 4.17. The minimum atomic E-state index is -3.87. The van der Waals surface area contributed by atoms with Crippen molar-refractivity contribution >= 4 is 44.6 Å². The van der Waals surface area contributed by atoms with Crippen molar-refractivity contribution in [1.29, 1.82) is 0 Å². The van der Waals surface area contributed by atoms with Crippen LogP contribution >= 0.6 is 11.6 Å². The molecule has 0 atom stereocenters. The van der Waals surface area contributed by atoms with Crippen LogP contribution in [0.15, 0.2) is 77.7 Å². The number of anilines is 3. The highest BCUT2D eigenvalue weighted by Crippen LogP contribution is 2.25. The molecule has 1 N–H and O–H groups in total. The molecule has 0 bridgehead atoms. The number of likely N-dealkylation sites (N-methyl/N-ethyl adjacent to an activating group) is 1. The molecule has 1 fully saturated rings. The number of nitrogens with zero attached hydrogens (tertiary/aromatic N) is 3. The van der Waals surface area contributed by atoms with Crippen molar-refractivity contribution in [1.82, 2.24) is 4.90 Å². The van der Waals surface area contributed by atoms with E-state index >= 15 is 0 Å². The second-order valence-corrected chi connectivity index (χ2v) is 10.7. The van der Waals surface area contributed by atoms with Gasteiger partial charge in [-0.1, -0.05) is 23.7 Å². The molecule has 1 aliphatic heterocycles. The molecule has 3 aromatic carbocycles. The van der Waals surface area contributed by atoms with Crippen LogP contribution in [0.4, 0.5) is 17.1 Å². The van der Waals surface area contributed by atoms with Crippen LogP contribution in [0.25, 0.3) is 0 Å². The lowest BCUT2D eigenvalue weighted by molar-refractivity contribution is 0.102. The normalized spacial score (nSPS) is 14.6. The topological polar surface area (TPSA) is 73.0 Å². The van der Waals surface area contributed by atoms with E-state index in [1.807, 2.05) is 24.3 Å². The fourth-order valence-corrected chi connectivity index (χ4v) is 5.21. The molecular weight excluding hydrogens is 472 g/mol. The molecule has 3 aromatic rings. The molecule has 9 heteroatoms. The van der Waals surface area contributed by atoms with Gasteiger partial charge in [0.2, 0.25) is 0 Å². The largest absolute Gasteiger partial charge is 0.369 e. The number of benzene rings is 3. The number of halogens is 1. The minimum Gasteiger partial charge on any atom is -0.369 e. The van der Waals surface area contributed by atoms with Gasteiger partial charge in [-0.25, -0.2) is 8.42 Å². The number of rotatable bonds is 6. The van der Waals surface area contributed by atoms with E-state index in [0.29, 0.717) is 16.4 Å². The van der Waals surface area contributed by atoms with E-state index < -0.39 is 10.0 Å². The second kappa shape index (κ2) is 10.0. The van der Waals surface area contributed by atoms with Crippen LogP contribution in [0.2, 0.25) is 5.02 Å². The zero-order chi connectivity index (χ0) is 24.3. The van der Waals surface area contributed by atoms with Gasteiger partial charge in [0.1, 0.15) is 0 Å². The van der Waals surface area contributed by atoms with Gasteiger partial charge in [0.15, 0.2) is 0 Å². The van der Waals surface area contributed by atoms with Crippen LogP contribution in [-0.2, 0) is 10.0 Å². The third-order valence-electron chi connectivity index (χ3n) is 5.92. The standard InChI is InChI=1S/C25H27ClN4O3S/c1-28-13-15-30(16-14-28)22-11-9-21(10-12-22)27-25(31)19-5-3-8-24(17-19)34(32,33)29(2)23-7-4-6-20(26)18-23/h3-12,17-18H,13-16H2,1-2H3,(H,27,31). The minimum absolute atomic E-state index is 0.0213. The first kappa shape index (κ1) is 24.1. The maximum absolute atomic E-state index is 13.1. The molecule has 1 aliphatic rings. The lowest BCUT2D eigenvalue weighted by atomic mass is 10.2. The fourth-order valence-electron chi connectivity index (χ4n) is 3.79. The summed E-state index contributed by atoms with van der Waals surface area (Å²) >= 11 is 6.01. The van der Waals surface area contributed by atoms with Crippen molar-refractivity contribution in [2.75, 3.05) is 54.8 Å². The number of amides is 1. The van der Waals surface area contributed by atoms with Gasteiger partial charge < -0.3 is 15.1 Å². The van der Waals surface area contributed by atoms with Crippen molar-refractivity contribution in [3.05, 3.63) is 83.4 Å². The maximum atomic E-state index is 13.1. The Morgan fingerprint density at radius 2 is 1.62 bits per heavy atom. The number of piperazine rings is 1. The van der Waals surface area contributed by atoms with Gasteiger partial charge in [-0.2, -0.15) is 0 Å². The molecule has 4 rings (SSSR count). The quantitative estimate of drug-likeness (QED) is 0.552. The monoisotopic (exact) mass is 498 g/mol. The average molecular weight is 499 g/mol. The first-order chi connectivity index (χ1) is 16.2. The summed E-state index contributed by atoms with van der Waals surface area (Å²) in [7, 11) is -0.303. The van der Waals surface area contributed by atoms with E-state index in [1.54, 1.807) is 36.4 Å². The van der Waals surface area contributed by atoms with E-state index in [-0.39, 0.29) is 16.4 Å². The molecule has 0 saturated carbocycles. The Bertz CT molecular complexity index is 1270. The number of hydrogen-bond acceptors (Lipinski definition) is 5. The Morgan fingerprint density at radius 3 is 2.29 bits per heavy atom. The third kappa shape index (κ3) is 5.35. The highest BCUT2D eigenvalue weighted by atomic mass is 35.5. The van der Waals surface area contributed by atoms with Gasteiger partial charge in [-0.3, -0.25) is 9.10 Å². The van der Waals surface area contributed by atoms with Crippen LogP contribution in [0.3, 0.4) is 0 Å². The highest BCUT2D eigenvalue weighted by molar-refractivity contribution is 7.92. The molecule has 0 aliphatic carbocycles. The Labute approximate surface area is 205 Å². The zero-order valence-corrected chi connectivity index (χ0v) is 20.7. The van der Waals surface area contributed by atoms with Crippen molar-refractivity contribution in [2.45, 2.75) is 4.90 Å². The van der Waals surface area contributed by atoms with Gasteiger partial charge in [-0.15, -0.1) is 0 Å². The molecule has 0 radical (unpaired) electrons. The van der Waals surface area contributed by atoms with Crippen molar-refractivity contribution in [2.24, 2.45) is 0 Å². The first-order valence-electron chi connectivity index (χ1n) is 10.9. The number of carbonyl (C=O) groups is 1. The number of sulfonamides is 1. The van der Waals surface area contributed by atoms with Crippen LogP contribution in [0, 0.1) is 0 Å². The number of nitrogens with one attached hydrogen (secondary N) is 1. The predicted molar refractivity (Wildman–Crippen MR) is 138 cm³/mol. The second-order valence-electron chi connectivity index (χ2n) is 8.27. The van der Waals surface area contributed by atoms with Crippen molar-refractivity contribution < 1.29 is 13.2 Å². The lowest BCUT2D eigenvalue weighted by Gasteiger charge is -2.34. The number of carbonyl (C=O) groups excluding carboxylic acids is 1. The summed E-state index contributed by atoms with van der Waals surface area (Å²) in [6, 6.07) is 20.3. The van der Waals surface area contributed by atoms with E-state index in [0.717, 1.165) is 36.2 Å². The van der Waals surface area contributed by atoms with E-state index in [1.165, 1.54) is 19.2 Å². The van der Waals surface area contributed by atoms with Gasteiger partial charge in [0.25, 0.3) is 15.9 Å². The Kier molecular flexibility index (Phi) is 7.11. The third-order valence-corrected chi connectivity index (χ3v) is 7.94. The summed E-state index contributed by atoms with van der Waals surface area (Å²) in [6.45, 7) is 3.97. The molecule has 1 heterocycles. The molecule has 7 nitrogen and oxygen atoms in total. The van der Waals surface area contributed by atoms with E-state index in [2.05, 4.69) is 22.2 Å². The molecule has 0 unspecified atom stereocenters. The molecule has 34 heavy (non-hydrogen) atoms. The van der Waals surface area contributed by atoms with E-state index in [4.69, 9.17) is 11.6 Å². The van der Waals surface area contributed by atoms with Crippen LogP contribution in [0.1, 0.15) is 10.4 Å². The SMILES string of the molecule is CN1CCN(c2ccc(NC(=O)c3cccc(S(=O)(=O)N(C)c4cccc(Cl)c4)c3)cc2)CC1. The smallest absolute Gasteiger partial charge is 0.264 e. The summed E-state index contributed by atoms with van der Waals surface area (Å²) in [5.74, 6) is -0.380. The van der Waals surface area contributed by atoms with Crippen molar-refractivity contribution in [3.8, 4) is 0 Å². The van der Waals surface area contributed by atoms with E-state index in [9.17, 15) is 13.2 Å². The fraction of sp³-hybridized carbons (Fsp3) is 0.240. The van der Waals surface area contributed by atoms with Gasteiger partial charge >= 0.3 is 0 Å². The van der Waals surface area contributed by atoms with Gasteiger partial charge in [0, 0.05) is 55.2 Å². The van der Waals surface area contributed by atoms with Crippen LogP contribution < -0.4 is 14.5 Å². The Morgan fingerprint density at radius 1 is 0.941 bits per heavy atom. The molecule has 0 aromatic heterocycles. The van der Waals surface area contributed by atoms with Gasteiger partial charge in [0.05, 0.1) is 10.6 Å². The molecular formula is C25H27ClN4O3S. The van der Waals surface area contributed by atoms with Crippen LogP contribution in [-0.4, -0.2) is 59.5 Å². The molecule has 0 spiro atoms. The Hall–Kier alpha value is -3.07. The summed E-state index contributed by atoms with van der Waals surface area (Å²) in [4.78, 5) is 17.5. The first-order valence-corrected chi connectivity index (χ1v) is 12.8. The highest BCUT2D eigenvalue weighted by Gasteiger charge is 2.23. The van der Waals surface area contributed by atoms with Gasteiger partial charge in [-0.05, 0) is 67.7 Å². The maximum Gasteiger partial charge on any atom is 0.264 e. The molecule has 178 valence electrons.